The molecule has 1 amide bonds. The number of aromatic nitrogens is 3. The van der Waals surface area contributed by atoms with Crippen molar-refractivity contribution in [1.29, 1.82) is 0 Å². The normalized spacial score (nSPS) is 17.5. The van der Waals surface area contributed by atoms with Crippen LogP contribution in [0.4, 0.5) is 10.8 Å². The summed E-state index contributed by atoms with van der Waals surface area (Å²) in [5.74, 6) is -0.282. The van der Waals surface area contributed by atoms with Gasteiger partial charge in [0, 0.05) is 51.2 Å². The van der Waals surface area contributed by atoms with Gasteiger partial charge in [0.15, 0.2) is 0 Å². The van der Waals surface area contributed by atoms with E-state index in [-0.39, 0.29) is 11.5 Å². The van der Waals surface area contributed by atoms with Gasteiger partial charge in [-0.15, -0.1) is 5.10 Å². The Labute approximate surface area is 177 Å². The van der Waals surface area contributed by atoms with Gasteiger partial charge < -0.3 is 19.4 Å². The van der Waals surface area contributed by atoms with Crippen LogP contribution in [0.2, 0.25) is 0 Å². The quantitative estimate of drug-likeness (QED) is 0.617. The van der Waals surface area contributed by atoms with E-state index >= 15 is 0 Å². The highest BCUT2D eigenvalue weighted by molar-refractivity contribution is 7.20. The second kappa shape index (κ2) is 8.04. The number of benzene rings is 1. The van der Waals surface area contributed by atoms with Crippen molar-refractivity contribution in [3.05, 3.63) is 52.4 Å². The monoisotopic (exact) mass is 426 g/mol. The summed E-state index contributed by atoms with van der Waals surface area (Å²) in [6, 6.07) is 10.1. The summed E-state index contributed by atoms with van der Waals surface area (Å²) < 4.78 is 6.62. The molecule has 0 spiro atoms. The molecule has 0 atom stereocenters. The SMILES string of the molecule is O=C(c1cnc2sc(N3CCOCC3)nn2c1=O)N1CCN(c2ccccc2)CC1. The fraction of sp³-hybridized carbons (Fsp3) is 0.400. The molecular weight excluding hydrogens is 404 g/mol. The molecule has 0 bridgehead atoms. The molecule has 1 aromatic carbocycles. The van der Waals surface area contributed by atoms with Crippen molar-refractivity contribution >= 4 is 33.0 Å². The molecule has 0 aliphatic carbocycles. The Kier molecular flexibility index (Phi) is 5.09. The zero-order chi connectivity index (χ0) is 20.5. The molecule has 156 valence electrons. The van der Waals surface area contributed by atoms with Crippen LogP contribution in [-0.4, -0.2) is 77.9 Å². The Bertz CT molecular complexity index is 1100. The smallest absolute Gasteiger partial charge is 0.288 e. The Hall–Kier alpha value is -2.98. The number of para-hydroxylation sites is 1. The van der Waals surface area contributed by atoms with Gasteiger partial charge in [-0.3, -0.25) is 9.59 Å². The minimum absolute atomic E-state index is 0.0690. The number of piperazine rings is 1. The number of carbonyl (C=O) groups excluding carboxylic acids is 1. The van der Waals surface area contributed by atoms with E-state index in [0.717, 1.165) is 37.0 Å². The van der Waals surface area contributed by atoms with Crippen LogP contribution in [0.3, 0.4) is 0 Å². The van der Waals surface area contributed by atoms with Crippen LogP contribution in [0.15, 0.2) is 41.3 Å². The maximum atomic E-state index is 13.0. The molecule has 2 fully saturated rings. The highest BCUT2D eigenvalue weighted by Gasteiger charge is 2.26. The van der Waals surface area contributed by atoms with Crippen molar-refractivity contribution in [2.75, 3.05) is 62.3 Å². The van der Waals surface area contributed by atoms with Crippen LogP contribution in [0.1, 0.15) is 10.4 Å². The van der Waals surface area contributed by atoms with E-state index in [0.29, 0.717) is 31.3 Å². The summed E-state index contributed by atoms with van der Waals surface area (Å²) in [5, 5.41) is 5.15. The molecule has 0 radical (unpaired) electrons. The zero-order valence-electron chi connectivity index (χ0n) is 16.4. The number of anilines is 2. The standard InChI is InChI=1S/C20H22N6O3S/c27-17(24-8-6-23(7-9-24)15-4-2-1-3-5-15)16-14-21-19-26(18(16)28)22-20(30-19)25-10-12-29-13-11-25/h1-5,14H,6-13H2. The fourth-order valence-corrected chi connectivity index (χ4v) is 4.70. The first-order valence-corrected chi connectivity index (χ1v) is 10.8. The molecule has 10 heteroatoms. The molecular formula is C20H22N6O3S. The van der Waals surface area contributed by atoms with E-state index in [1.165, 1.54) is 22.0 Å². The van der Waals surface area contributed by atoms with Crippen molar-refractivity contribution < 1.29 is 9.53 Å². The molecule has 0 N–H and O–H groups in total. The van der Waals surface area contributed by atoms with Crippen molar-refractivity contribution in [2.24, 2.45) is 0 Å². The van der Waals surface area contributed by atoms with Gasteiger partial charge in [-0.1, -0.05) is 29.5 Å². The lowest BCUT2D eigenvalue weighted by Crippen LogP contribution is -2.49. The Morgan fingerprint density at radius 2 is 1.70 bits per heavy atom. The maximum absolute atomic E-state index is 13.0. The van der Waals surface area contributed by atoms with Gasteiger partial charge in [0.25, 0.3) is 11.5 Å². The molecule has 2 aromatic heterocycles. The Balaban J connectivity index is 1.34. The molecule has 4 heterocycles. The summed E-state index contributed by atoms with van der Waals surface area (Å²) in [5.41, 5.74) is 0.802. The van der Waals surface area contributed by atoms with Crippen LogP contribution < -0.4 is 15.4 Å². The fourth-order valence-electron chi connectivity index (χ4n) is 3.78. The lowest BCUT2D eigenvalue weighted by atomic mass is 10.2. The first-order chi connectivity index (χ1) is 14.7. The average molecular weight is 427 g/mol. The predicted molar refractivity (Wildman–Crippen MR) is 115 cm³/mol. The summed E-state index contributed by atoms with van der Waals surface area (Å²) >= 11 is 1.35. The maximum Gasteiger partial charge on any atom is 0.288 e. The number of nitrogens with zero attached hydrogens (tertiary/aromatic N) is 6. The van der Waals surface area contributed by atoms with Crippen molar-refractivity contribution in [3.63, 3.8) is 0 Å². The van der Waals surface area contributed by atoms with Crippen LogP contribution in [0, 0.1) is 0 Å². The highest BCUT2D eigenvalue weighted by Crippen LogP contribution is 2.22. The molecule has 30 heavy (non-hydrogen) atoms. The van der Waals surface area contributed by atoms with Crippen LogP contribution in [-0.2, 0) is 4.74 Å². The molecule has 2 saturated heterocycles. The second-order valence-electron chi connectivity index (χ2n) is 7.27. The molecule has 0 saturated carbocycles. The van der Waals surface area contributed by atoms with Crippen molar-refractivity contribution in [3.8, 4) is 0 Å². The average Bonchev–Trinajstić information content (AvgIpc) is 3.26. The lowest BCUT2D eigenvalue weighted by molar-refractivity contribution is 0.0744. The predicted octanol–water partition coefficient (Wildman–Crippen LogP) is 0.950. The van der Waals surface area contributed by atoms with Crippen LogP contribution in [0.25, 0.3) is 4.96 Å². The number of amides is 1. The van der Waals surface area contributed by atoms with Gasteiger partial charge in [-0.2, -0.15) is 4.52 Å². The highest BCUT2D eigenvalue weighted by atomic mass is 32.1. The van der Waals surface area contributed by atoms with Crippen molar-refractivity contribution in [2.45, 2.75) is 0 Å². The zero-order valence-corrected chi connectivity index (χ0v) is 17.3. The molecule has 5 rings (SSSR count). The first-order valence-electron chi connectivity index (χ1n) is 10.0. The van der Waals surface area contributed by atoms with Gasteiger partial charge in [0.1, 0.15) is 5.56 Å². The summed E-state index contributed by atoms with van der Waals surface area (Å²) in [6.07, 6.45) is 1.39. The lowest BCUT2D eigenvalue weighted by Gasteiger charge is -2.36. The Morgan fingerprint density at radius 1 is 0.967 bits per heavy atom. The number of hydrogen-bond donors (Lipinski definition) is 0. The summed E-state index contributed by atoms with van der Waals surface area (Å²) in [4.78, 5) is 36.9. The second-order valence-corrected chi connectivity index (χ2v) is 8.20. The third-order valence-corrected chi connectivity index (χ3v) is 6.46. The van der Waals surface area contributed by atoms with Gasteiger partial charge in [-0.05, 0) is 12.1 Å². The first kappa shape index (κ1) is 19.0. The number of fused-ring (bicyclic) bond motifs is 1. The van der Waals surface area contributed by atoms with E-state index < -0.39 is 5.56 Å². The van der Waals surface area contributed by atoms with Crippen molar-refractivity contribution in [1.82, 2.24) is 19.5 Å². The molecule has 0 unspecified atom stereocenters. The number of hydrogen-bond acceptors (Lipinski definition) is 8. The number of ether oxygens (including phenoxy) is 1. The third kappa shape index (κ3) is 3.52. The molecule has 3 aromatic rings. The topological polar surface area (TPSA) is 83.3 Å². The van der Waals surface area contributed by atoms with Gasteiger partial charge in [-0.25, -0.2) is 4.98 Å². The summed E-state index contributed by atoms with van der Waals surface area (Å²) in [7, 11) is 0. The van der Waals surface area contributed by atoms with Gasteiger partial charge >= 0.3 is 0 Å². The molecule has 9 nitrogen and oxygen atoms in total. The van der Waals surface area contributed by atoms with E-state index in [2.05, 4.69) is 32.0 Å². The summed E-state index contributed by atoms with van der Waals surface area (Å²) in [6.45, 7) is 5.30. The van der Waals surface area contributed by atoms with E-state index in [1.807, 2.05) is 18.2 Å². The number of rotatable bonds is 3. The van der Waals surface area contributed by atoms with E-state index in [1.54, 1.807) is 4.90 Å². The number of carbonyl (C=O) groups is 1. The molecule has 2 aliphatic rings. The third-order valence-electron chi connectivity index (χ3n) is 5.48. The molecule has 2 aliphatic heterocycles. The number of morpholine rings is 1. The minimum atomic E-state index is -0.411. The van der Waals surface area contributed by atoms with E-state index in [4.69, 9.17) is 4.74 Å². The largest absolute Gasteiger partial charge is 0.378 e. The van der Waals surface area contributed by atoms with Crippen LogP contribution >= 0.6 is 11.3 Å². The minimum Gasteiger partial charge on any atom is -0.378 e. The Morgan fingerprint density at radius 3 is 2.43 bits per heavy atom. The van der Waals surface area contributed by atoms with Gasteiger partial charge in [0.05, 0.1) is 13.2 Å². The van der Waals surface area contributed by atoms with Crippen LogP contribution in [0.5, 0.6) is 0 Å². The van der Waals surface area contributed by atoms with E-state index in [9.17, 15) is 9.59 Å². The van der Waals surface area contributed by atoms with Gasteiger partial charge in [0.2, 0.25) is 10.1 Å².